The van der Waals surface area contributed by atoms with Crippen LogP contribution in [0.1, 0.15) is 56.0 Å². The van der Waals surface area contributed by atoms with Crippen molar-refractivity contribution in [2.75, 3.05) is 0 Å². The number of aromatic nitrogens is 2. The first-order valence-corrected chi connectivity index (χ1v) is 6.31. The zero-order valence-corrected chi connectivity index (χ0v) is 10.0. The number of rotatable bonds is 2. The van der Waals surface area contributed by atoms with Gasteiger partial charge in [-0.15, -0.1) is 0 Å². The summed E-state index contributed by atoms with van der Waals surface area (Å²) in [7, 11) is 0. The predicted octanol–water partition coefficient (Wildman–Crippen LogP) is 2.76. The molecule has 0 spiro atoms. The summed E-state index contributed by atoms with van der Waals surface area (Å²) in [6.07, 6.45) is 11.5. The summed E-state index contributed by atoms with van der Waals surface area (Å²) in [5.41, 5.74) is 8.20. The average molecular weight is 219 g/mol. The fourth-order valence-corrected chi connectivity index (χ4v) is 2.49. The molecule has 1 aliphatic carbocycles. The first kappa shape index (κ1) is 11.5. The molecule has 1 saturated carbocycles. The lowest BCUT2D eigenvalue weighted by molar-refractivity contribution is 0.376. The fourth-order valence-electron chi connectivity index (χ4n) is 2.49. The molecule has 0 radical (unpaired) electrons. The van der Waals surface area contributed by atoms with E-state index in [0.29, 0.717) is 5.92 Å². The van der Waals surface area contributed by atoms with Crippen LogP contribution in [-0.2, 0) is 0 Å². The molecule has 0 aromatic carbocycles. The van der Waals surface area contributed by atoms with Crippen molar-refractivity contribution in [3.63, 3.8) is 0 Å². The summed E-state index contributed by atoms with van der Waals surface area (Å²) in [5, 5.41) is 0. The van der Waals surface area contributed by atoms with E-state index in [2.05, 4.69) is 9.97 Å². The van der Waals surface area contributed by atoms with Crippen LogP contribution >= 0.6 is 0 Å². The van der Waals surface area contributed by atoms with Gasteiger partial charge in [-0.2, -0.15) is 0 Å². The summed E-state index contributed by atoms with van der Waals surface area (Å²) >= 11 is 0. The van der Waals surface area contributed by atoms with Gasteiger partial charge in [-0.1, -0.05) is 25.7 Å². The Bertz CT molecular complexity index is 312. The first-order chi connectivity index (χ1) is 7.77. The van der Waals surface area contributed by atoms with Gasteiger partial charge in [0.2, 0.25) is 0 Å². The third-order valence-electron chi connectivity index (χ3n) is 3.55. The largest absolute Gasteiger partial charge is 0.322 e. The van der Waals surface area contributed by atoms with E-state index in [1.165, 1.54) is 38.5 Å². The molecule has 1 atom stereocenters. The zero-order valence-electron chi connectivity index (χ0n) is 10.0. The molecule has 1 aromatic heterocycles. The lowest BCUT2D eigenvalue weighted by Crippen LogP contribution is -2.22. The molecule has 3 heteroatoms. The zero-order chi connectivity index (χ0) is 11.4. The number of aryl methyl sites for hydroxylation is 1. The van der Waals surface area contributed by atoms with Crippen LogP contribution in [-0.4, -0.2) is 9.97 Å². The molecule has 0 aliphatic heterocycles. The highest BCUT2D eigenvalue weighted by molar-refractivity contribution is 5.06. The minimum atomic E-state index is 0.0752. The molecular formula is C13H21N3. The lowest BCUT2D eigenvalue weighted by Gasteiger charge is -2.21. The van der Waals surface area contributed by atoms with Crippen LogP contribution in [0.4, 0.5) is 0 Å². The molecule has 88 valence electrons. The Hall–Kier alpha value is -0.960. The maximum absolute atomic E-state index is 6.29. The third kappa shape index (κ3) is 2.79. The molecule has 3 nitrogen and oxygen atoms in total. The van der Waals surface area contributed by atoms with Gasteiger partial charge >= 0.3 is 0 Å². The Morgan fingerprint density at radius 2 is 1.81 bits per heavy atom. The van der Waals surface area contributed by atoms with Gasteiger partial charge in [0, 0.05) is 6.20 Å². The Labute approximate surface area is 97.5 Å². The van der Waals surface area contributed by atoms with Gasteiger partial charge in [0.15, 0.2) is 0 Å². The van der Waals surface area contributed by atoms with Gasteiger partial charge in [-0.25, -0.2) is 0 Å². The minimum absolute atomic E-state index is 0.0752. The van der Waals surface area contributed by atoms with Crippen LogP contribution in [0.5, 0.6) is 0 Å². The van der Waals surface area contributed by atoms with E-state index in [0.717, 1.165) is 11.4 Å². The van der Waals surface area contributed by atoms with Crippen molar-refractivity contribution in [1.29, 1.82) is 0 Å². The van der Waals surface area contributed by atoms with Crippen LogP contribution in [0.3, 0.4) is 0 Å². The first-order valence-electron chi connectivity index (χ1n) is 6.31. The molecule has 2 N–H and O–H groups in total. The van der Waals surface area contributed by atoms with Crippen molar-refractivity contribution in [1.82, 2.24) is 9.97 Å². The van der Waals surface area contributed by atoms with Crippen LogP contribution in [0.15, 0.2) is 12.4 Å². The molecule has 0 saturated heterocycles. The second-order valence-electron chi connectivity index (χ2n) is 4.86. The van der Waals surface area contributed by atoms with Gasteiger partial charge < -0.3 is 5.73 Å². The third-order valence-corrected chi connectivity index (χ3v) is 3.55. The average Bonchev–Trinajstić information content (AvgIpc) is 2.57. The van der Waals surface area contributed by atoms with E-state index in [1.54, 1.807) is 0 Å². The topological polar surface area (TPSA) is 51.8 Å². The van der Waals surface area contributed by atoms with Gasteiger partial charge in [-0.3, -0.25) is 9.97 Å². The summed E-state index contributed by atoms with van der Waals surface area (Å²) in [6, 6.07) is 0.0752. The van der Waals surface area contributed by atoms with Crippen LogP contribution in [0.25, 0.3) is 0 Å². The Morgan fingerprint density at radius 1 is 1.12 bits per heavy atom. The molecule has 1 aromatic rings. The standard InChI is InChI=1S/C13H21N3/c1-10-8-16-12(9-15-10)13(14)11-6-4-2-3-5-7-11/h8-9,11,13H,2-7,14H2,1H3. The van der Waals surface area contributed by atoms with Gasteiger partial charge in [0.25, 0.3) is 0 Å². The highest BCUT2D eigenvalue weighted by atomic mass is 14.8. The SMILES string of the molecule is Cc1cnc(C(N)C2CCCCCC2)cn1. The maximum atomic E-state index is 6.29. The van der Waals surface area contributed by atoms with E-state index in [-0.39, 0.29) is 6.04 Å². The van der Waals surface area contributed by atoms with E-state index in [9.17, 15) is 0 Å². The summed E-state index contributed by atoms with van der Waals surface area (Å²) in [5.74, 6) is 0.597. The van der Waals surface area contributed by atoms with Crippen molar-refractivity contribution >= 4 is 0 Å². The van der Waals surface area contributed by atoms with E-state index < -0.39 is 0 Å². The van der Waals surface area contributed by atoms with Gasteiger partial charge in [0.05, 0.1) is 23.6 Å². The minimum Gasteiger partial charge on any atom is -0.322 e. The van der Waals surface area contributed by atoms with Crippen molar-refractivity contribution in [2.24, 2.45) is 11.7 Å². The second-order valence-corrected chi connectivity index (χ2v) is 4.86. The Morgan fingerprint density at radius 3 is 2.38 bits per heavy atom. The maximum Gasteiger partial charge on any atom is 0.0756 e. The highest BCUT2D eigenvalue weighted by Crippen LogP contribution is 2.30. The number of hydrogen-bond acceptors (Lipinski definition) is 3. The van der Waals surface area contributed by atoms with Crippen LogP contribution in [0, 0.1) is 12.8 Å². The molecular weight excluding hydrogens is 198 g/mol. The molecule has 1 unspecified atom stereocenters. The molecule has 16 heavy (non-hydrogen) atoms. The van der Waals surface area contributed by atoms with E-state index in [1.807, 2.05) is 19.3 Å². The summed E-state index contributed by atoms with van der Waals surface area (Å²) < 4.78 is 0. The van der Waals surface area contributed by atoms with Crippen molar-refractivity contribution in [3.05, 3.63) is 23.8 Å². The number of nitrogens with two attached hydrogens (primary N) is 1. The summed E-state index contributed by atoms with van der Waals surface area (Å²) in [4.78, 5) is 8.67. The normalized spacial score (nSPS) is 20.4. The monoisotopic (exact) mass is 219 g/mol. The quantitative estimate of drug-likeness (QED) is 0.778. The molecule has 0 bridgehead atoms. The molecule has 1 aliphatic rings. The van der Waals surface area contributed by atoms with E-state index in [4.69, 9.17) is 5.73 Å². The van der Waals surface area contributed by atoms with Crippen LogP contribution < -0.4 is 5.73 Å². The fraction of sp³-hybridized carbons (Fsp3) is 0.692. The molecule has 0 amide bonds. The highest BCUT2D eigenvalue weighted by Gasteiger charge is 2.21. The van der Waals surface area contributed by atoms with Gasteiger partial charge in [-0.05, 0) is 25.7 Å². The van der Waals surface area contributed by atoms with E-state index >= 15 is 0 Å². The second kappa shape index (κ2) is 5.39. The summed E-state index contributed by atoms with van der Waals surface area (Å²) in [6.45, 7) is 1.95. The van der Waals surface area contributed by atoms with Crippen molar-refractivity contribution in [3.8, 4) is 0 Å². The lowest BCUT2D eigenvalue weighted by atomic mass is 9.90. The Kier molecular flexibility index (Phi) is 3.88. The van der Waals surface area contributed by atoms with Crippen LogP contribution in [0.2, 0.25) is 0 Å². The smallest absolute Gasteiger partial charge is 0.0756 e. The number of hydrogen-bond donors (Lipinski definition) is 1. The van der Waals surface area contributed by atoms with Crippen molar-refractivity contribution in [2.45, 2.75) is 51.5 Å². The Balaban J connectivity index is 2.04. The molecule has 2 rings (SSSR count). The van der Waals surface area contributed by atoms with Gasteiger partial charge in [0.1, 0.15) is 0 Å². The molecule has 1 heterocycles. The van der Waals surface area contributed by atoms with Crippen molar-refractivity contribution < 1.29 is 0 Å². The molecule has 1 fully saturated rings. The number of nitrogens with zero attached hydrogens (tertiary/aromatic N) is 2. The predicted molar refractivity (Wildman–Crippen MR) is 64.9 cm³/mol.